The summed E-state index contributed by atoms with van der Waals surface area (Å²) in [5.41, 5.74) is 4.75. The molecule has 0 amide bonds. The molecule has 0 radical (unpaired) electrons. The standard InChI is InChI=1S/C52H83N3O19P2/c1-3-5-7-8-9-10-11-12-13-14-15-16-17-18-19-20-26-30-47(59)71-40-36-68-46(58)29-25-22-21-24-28-41-42(57)35-48(60)72-43(32-31-39(56)27-23-6-4-2)49(61)50(62)44(38-70-76(66,67)74-75(64,65)69-37-40)73-51(41)55-34-33-45(53)54-52(55)63/h5,7,9-10,12-13,15-16,21,24,31-34,39-44,48-51,56-57,60-62H,3-4,6,8,11,14,17-20,22-23,25-30,35-38H2,1-2H3,(H,64,65)(H,66,67)(H2,53,54,63)/b7-5-,10-9-,13-12-,16-15-,24-21?,32-31+/t39-,40+,41-,42-,43+,44+,48?,49-,50+,51+/m0/s1. The third-order valence-electron chi connectivity index (χ3n) is 12.1. The highest BCUT2D eigenvalue weighted by Gasteiger charge is 2.44. The second kappa shape index (κ2) is 37.0. The van der Waals surface area contributed by atoms with Crippen LogP contribution in [-0.2, 0) is 51.0 Å². The summed E-state index contributed by atoms with van der Waals surface area (Å²) in [6, 6.07) is 1.22. The van der Waals surface area contributed by atoms with Crippen LogP contribution < -0.4 is 11.4 Å². The van der Waals surface area contributed by atoms with Crippen molar-refractivity contribution in [2.75, 3.05) is 25.6 Å². The van der Waals surface area contributed by atoms with Crippen molar-refractivity contribution in [3.8, 4) is 0 Å². The van der Waals surface area contributed by atoms with Gasteiger partial charge in [0.25, 0.3) is 0 Å². The number of rotatable bonds is 22. The Morgan fingerprint density at radius 2 is 1.53 bits per heavy atom. The molecule has 0 saturated carbocycles. The largest absolute Gasteiger partial charge is 0.481 e. The summed E-state index contributed by atoms with van der Waals surface area (Å²) in [7, 11) is -11.4. The number of unbranched alkanes of at least 4 members (excludes halogenated alkanes) is 6. The van der Waals surface area contributed by atoms with Crippen LogP contribution in [0.4, 0.5) is 5.82 Å². The van der Waals surface area contributed by atoms with E-state index in [9.17, 15) is 58.8 Å². The van der Waals surface area contributed by atoms with E-state index in [0.29, 0.717) is 25.7 Å². The molecule has 3 unspecified atom stereocenters. The summed E-state index contributed by atoms with van der Waals surface area (Å²) >= 11 is 0. The SMILES string of the molecule is CC/C=C\C/C=C\C/C=C\C/C=C\CCCCCCC(=O)O[C@@H]1COC(=O)CCCC=CC[C@@H]2[C@H](n3ccc(N)nc3=O)O[C@H](COP(=O)(O)OP(=O)(O)OC1)[C@@H](O)[C@@H](O)[C@@H](/C=C/[C@@H](O)CCCCC)OC(O)C[C@@H]2O. The number of esters is 2. The summed E-state index contributed by atoms with van der Waals surface area (Å²) in [5, 5.41) is 56.9. The molecule has 9 N–H and O–H groups in total. The maximum Gasteiger partial charge on any atom is 0.481 e. The maximum atomic E-state index is 13.4. The number of phosphoric ester groups is 2. The first kappa shape index (κ1) is 66.3. The van der Waals surface area contributed by atoms with Gasteiger partial charge in [0.2, 0.25) is 0 Å². The van der Waals surface area contributed by atoms with Gasteiger partial charge in [0.1, 0.15) is 43.1 Å². The first-order valence-electron chi connectivity index (χ1n) is 26.3. The summed E-state index contributed by atoms with van der Waals surface area (Å²) in [5.74, 6) is -2.90. The lowest BCUT2D eigenvalue weighted by molar-refractivity contribution is -0.192. The van der Waals surface area contributed by atoms with E-state index < -0.39 is 121 Å². The number of carbonyl (C=O) groups is 2. The molecule has 3 heterocycles. The Labute approximate surface area is 446 Å². The Hall–Kier alpha value is -3.96. The molecule has 1 aromatic heterocycles. The van der Waals surface area contributed by atoms with Gasteiger partial charge in [-0.3, -0.25) is 23.2 Å². The third-order valence-corrected chi connectivity index (χ3v) is 14.7. The summed E-state index contributed by atoms with van der Waals surface area (Å²) in [6.45, 7) is 1.27. The van der Waals surface area contributed by atoms with Gasteiger partial charge in [-0.15, -0.1) is 0 Å². The molecule has 2 bridgehead atoms. The molecule has 430 valence electrons. The van der Waals surface area contributed by atoms with Crippen molar-refractivity contribution in [2.24, 2.45) is 5.92 Å². The Morgan fingerprint density at radius 1 is 0.855 bits per heavy atom. The number of aromatic nitrogens is 2. The zero-order valence-electron chi connectivity index (χ0n) is 43.8. The van der Waals surface area contributed by atoms with Gasteiger partial charge in [0, 0.05) is 31.4 Å². The molecular formula is C52H83N3O19P2. The number of nitrogens with zero attached hydrogens (tertiary/aromatic N) is 2. The molecule has 0 aromatic carbocycles. The highest BCUT2D eigenvalue weighted by molar-refractivity contribution is 7.61. The van der Waals surface area contributed by atoms with E-state index >= 15 is 0 Å². The first-order valence-corrected chi connectivity index (χ1v) is 29.3. The minimum atomic E-state index is -5.75. The fourth-order valence-corrected chi connectivity index (χ4v) is 10.0. The summed E-state index contributed by atoms with van der Waals surface area (Å²) in [4.78, 5) is 64.4. The van der Waals surface area contributed by atoms with Gasteiger partial charge in [0.15, 0.2) is 12.4 Å². The topological polar surface area (TPSA) is 335 Å². The van der Waals surface area contributed by atoms with Crippen LogP contribution in [-0.4, -0.2) is 126 Å². The number of phosphoric acid groups is 2. The number of carbonyl (C=O) groups excluding carboxylic acids is 2. The number of nitrogen functional groups attached to an aromatic ring is 1. The van der Waals surface area contributed by atoms with Crippen LogP contribution in [0, 0.1) is 5.92 Å². The predicted octanol–water partition coefficient (Wildman–Crippen LogP) is 6.99. The number of hydrogen-bond donors (Lipinski definition) is 8. The number of allylic oxidation sites excluding steroid dienone is 10. The lowest BCUT2D eigenvalue weighted by Gasteiger charge is -2.36. The van der Waals surface area contributed by atoms with Crippen molar-refractivity contribution >= 4 is 33.4 Å². The van der Waals surface area contributed by atoms with E-state index in [0.717, 1.165) is 68.6 Å². The van der Waals surface area contributed by atoms with Gasteiger partial charge < -0.3 is 60.0 Å². The number of aliphatic hydroxyl groups excluding tert-OH is 5. The van der Waals surface area contributed by atoms with Crippen molar-refractivity contribution in [1.82, 2.24) is 9.55 Å². The maximum absolute atomic E-state index is 13.4. The van der Waals surface area contributed by atoms with Crippen LogP contribution in [0.1, 0.15) is 142 Å². The van der Waals surface area contributed by atoms with E-state index in [1.165, 1.54) is 18.2 Å². The second-order valence-corrected chi connectivity index (χ2v) is 21.6. The molecule has 76 heavy (non-hydrogen) atoms. The minimum Gasteiger partial charge on any atom is -0.462 e. The Kier molecular flexibility index (Phi) is 32.3. The van der Waals surface area contributed by atoms with Crippen LogP contribution in [0.5, 0.6) is 0 Å². The van der Waals surface area contributed by atoms with Gasteiger partial charge in [-0.25, -0.2) is 13.9 Å². The van der Waals surface area contributed by atoms with Crippen LogP contribution in [0.15, 0.2) is 90.0 Å². The van der Waals surface area contributed by atoms with E-state index in [4.69, 9.17) is 33.7 Å². The van der Waals surface area contributed by atoms with E-state index in [-0.39, 0.29) is 37.9 Å². The molecule has 22 nitrogen and oxygen atoms in total. The minimum absolute atomic E-state index is 0.0372. The van der Waals surface area contributed by atoms with Gasteiger partial charge in [-0.1, -0.05) is 119 Å². The summed E-state index contributed by atoms with van der Waals surface area (Å²) < 4.78 is 64.8. The summed E-state index contributed by atoms with van der Waals surface area (Å²) in [6.07, 6.45) is 18.1. The Balaban J connectivity index is 1.80. The fraction of sp³-hybridized carbons (Fsp3) is 0.654. The molecular weight excluding hydrogens is 1030 g/mol. The molecule has 2 aliphatic heterocycles. The van der Waals surface area contributed by atoms with Crippen molar-refractivity contribution in [2.45, 2.75) is 191 Å². The van der Waals surface area contributed by atoms with Crippen molar-refractivity contribution in [1.29, 1.82) is 0 Å². The molecule has 12 atom stereocenters. The molecule has 2 aliphatic rings. The highest BCUT2D eigenvalue weighted by atomic mass is 31.3. The van der Waals surface area contributed by atoms with Gasteiger partial charge in [-0.05, 0) is 76.7 Å². The van der Waals surface area contributed by atoms with E-state index in [2.05, 4.69) is 64.8 Å². The number of cyclic esters (lactones) is 1. The molecule has 24 heteroatoms. The number of hydrogen-bond acceptors (Lipinski definition) is 19. The monoisotopic (exact) mass is 1120 g/mol. The third kappa shape index (κ3) is 27.6. The fourth-order valence-electron chi connectivity index (χ4n) is 7.92. The zero-order valence-corrected chi connectivity index (χ0v) is 45.6. The number of ether oxygens (including phenoxy) is 4. The van der Waals surface area contributed by atoms with Crippen LogP contribution in [0.25, 0.3) is 0 Å². The second-order valence-electron chi connectivity index (χ2n) is 18.5. The normalized spacial score (nSPS) is 30.0. The molecule has 3 rings (SSSR count). The number of fused-ring (bicyclic) bond motifs is 3. The Morgan fingerprint density at radius 3 is 2.21 bits per heavy atom. The van der Waals surface area contributed by atoms with Crippen LogP contribution in [0.3, 0.4) is 0 Å². The number of anilines is 1. The quantitative estimate of drug-likeness (QED) is 0.0251. The molecule has 1 aromatic rings. The van der Waals surface area contributed by atoms with Gasteiger partial charge >= 0.3 is 33.3 Å². The van der Waals surface area contributed by atoms with E-state index in [1.807, 2.05) is 6.92 Å². The van der Waals surface area contributed by atoms with Crippen LogP contribution >= 0.6 is 15.6 Å². The van der Waals surface area contributed by atoms with Gasteiger partial charge in [-0.2, -0.15) is 9.29 Å². The van der Waals surface area contributed by atoms with Crippen molar-refractivity contribution in [3.63, 3.8) is 0 Å². The average molecular weight is 1120 g/mol. The lowest BCUT2D eigenvalue weighted by atomic mass is 9.92. The zero-order chi connectivity index (χ0) is 55.8. The van der Waals surface area contributed by atoms with E-state index in [1.54, 1.807) is 12.2 Å². The Bertz CT molecular complexity index is 2190. The molecule has 0 spiro atoms. The average Bonchev–Trinajstić information content (AvgIpc) is 3.37. The molecule has 1 fully saturated rings. The lowest BCUT2D eigenvalue weighted by Crippen LogP contribution is -2.49. The highest BCUT2D eigenvalue weighted by Crippen LogP contribution is 2.60. The van der Waals surface area contributed by atoms with Crippen molar-refractivity contribution < 1.29 is 86.3 Å². The van der Waals surface area contributed by atoms with Gasteiger partial charge in [0.05, 0.1) is 25.4 Å². The molecule has 1 saturated heterocycles. The number of nitrogens with two attached hydrogens (primary N) is 1. The van der Waals surface area contributed by atoms with Crippen molar-refractivity contribution in [3.05, 3.63) is 95.7 Å². The predicted molar refractivity (Wildman–Crippen MR) is 283 cm³/mol. The number of aliphatic hydroxyl groups is 5. The molecule has 0 aliphatic carbocycles. The van der Waals surface area contributed by atoms with Crippen LogP contribution in [0.2, 0.25) is 0 Å². The smallest absolute Gasteiger partial charge is 0.462 e. The first-order chi connectivity index (χ1) is 36.3.